The van der Waals surface area contributed by atoms with Crippen molar-refractivity contribution in [2.75, 3.05) is 0 Å². The van der Waals surface area contributed by atoms with Gasteiger partial charge in [0.15, 0.2) is 0 Å². The Bertz CT molecular complexity index is 2470. The summed E-state index contributed by atoms with van der Waals surface area (Å²) in [6.45, 7) is 0. The quantitative estimate of drug-likeness (QED) is 0.140. The van der Waals surface area contributed by atoms with E-state index in [9.17, 15) is 0 Å². The van der Waals surface area contributed by atoms with Gasteiger partial charge in [0.2, 0.25) is 0 Å². The standard InChI is InChI=1S/C34H18N6O.Pt/c1-2-5-21(6-3-1)24-7-4-8-30-31(24)26-12-10-23(18-28(26)32-36-13-15-39(30)32)41-22-9-11-25-27(17-22)33-37-14-16-40(33)34-29(25)19-35-20-38-34;/h1-16,19-20H;/q-2;+2. The number of benzene rings is 4. The molecule has 0 fully saturated rings. The SMILES string of the molecule is [Pt+2].[c-]1c(Oc2[c-]c3c(cc2)c2cncnc2n2ccnc32)ccc2c1c1nccn1c1cccc(-c3ccccc3)c21. The molecule has 7 nitrogen and oxygen atoms in total. The molecule has 0 spiro atoms. The minimum atomic E-state index is 0. The van der Waals surface area contributed by atoms with Crippen LogP contribution in [0.2, 0.25) is 0 Å². The van der Waals surface area contributed by atoms with Crippen molar-refractivity contribution in [3.63, 3.8) is 0 Å². The Morgan fingerprint density at radius 2 is 1.33 bits per heavy atom. The molecule has 0 bridgehead atoms. The van der Waals surface area contributed by atoms with Crippen LogP contribution in [0.25, 0.3) is 65.9 Å². The fraction of sp³-hybridized carbons (Fsp3) is 0. The summed E-state index contributed by atoms with van der Waals surface area (Å²) in [5.74, 6) is 1.15. The Labute approximate surface area is 253 Å². The molecule has 5 heterocycles. The van der Waals surface area contributed by atoms with E-state index < -0.39 is 0 Å². The molecule has 8 heteroatoms. The van der Waals surface area contributed by atoms with Crippen LogP contribution in [0.4, 0.5) is 0 Å². The van der Waals surface area contributed by atoms with Gasteiger partial charge in [-0.1, -0.05) is 88.3 Å². The summed E-state index contributed by atoms with van der Waals surface area (Å²) in [6.07, 6.45) is 10.8. The normalized spacial score (nSPS) is 11.6. The molecule has 5 aromatic heterocycles. The molecule has 9 aromatic rings. The zero-order valence-electron chi connectivity index (χ0n) is 21.8. The van der Waals surface area contributed by atoms with E-state index in [1.54, 1.807) is 12.5 Å². The summed E-state index contributed by atoms with van der Waals surface area (Å²) in [5, 5.41) is 5.84. The zero-order valence-corrected chi connectivity index (χ0v) is 24.1. The summed E-state index contributed by atoms with van der Waals surface area (Å²) in [7, 11) is 0. The molecule has 42 heavy (non-hydrogen) atoms. The number of nitrogens with zero attached hydrogens (tertiary/aromatic N) is 6. The number of hydrogen-bond donors (Lipinski definition) is 0. The molecule has 0 radical (unpaired) electrons. The minimum Gasteiger partial charge on any atom is -0.497 e. The minimum absolute atomic E-state index is 0. The van der Waals surface area contributed by atoms with Crippen molar-refractivity contribution < 1.29 is 25.8 Å². The van der Waals surface area contributed by atoms with Crippen molar-refractivity contribution in [3.8, 4) is 22.6 Å². The van der Waals surface area contributed by atoms with E-state index in [1.165, 1.54) is 0 Å². The van der Waals surface area contributed by atoms with Crippen LogP contribution < -0.4 is 4.74 Å². The summed E-state index contributed by atoms with van der Waals surface area (Å²) >= 11 is 0. The topological polar surface area (TPSA) is 69.6 Å². The fourth-order valence-electron chi connectivity index (χ4n) is 5.90. The molecule has 0 saturated heterocycles. The van der Waals surface area contributed by atoms with Crippen molar-refractivity contribution in [3.05, 3.63) is 122 Å². The van der Waals surface area contributed by atoms with Gasteiger partial charge in [-0.25, -0.2) is 9.97 Å². The third kappa shape index (κ3) is 3.57. The van der Waals surface area contributed by atoms with Gasteiger partial charge in [0.05, 0.1) is 11.3 Å². The van der Waals surface area contributed by atoms with E-state index in [1.807, 2.05) is 53.5 Å². The fourth-order valence-corrected chi connectivity index (χ4v) is 5.90. The molecule has 0 aliphatic heterocycles. The Morgan fingerprint density at radius 1 is 0.619 bits per heavy atom. The van der Waals surface area contributed by atoms with Crippen LogP contribution in [-0.2, 0) is 21.1 Å². The molecular weight excluding hydrogens is 703 g/mol. The molecule has 0 amide bonds. The van der Waals surface area contributed by atoms with Gasteiger partial charge in [-0.3, -0.25) is 9.97 Å². The monoisotopic (exact) mass is 721 g/mol. The molecule has 0 aliphatic carbocycles. The van der Waals surface area contributed by atoms with Gasteiger partial charge in [-0.15, -0.1) is 12.1 Å². The van der Waals surface area contributed by atoms with E-state index in [2.05, 4.69) is 80.0 Å². The molecule has 9 rings (SSSR count). The summed E-state index contributed by atoms with van der Waals surface area (Å²) < 4.78 is 10.4. The van der Waals surface area contributed by atoms with E-state index in [-0.39, 0.29) is 21.1 Å². The van der Waals surface area contributed by atoms with Crippen molar-refractivity contribution >= 4 is 54.8 Å². The maximum atomic E-state index is 6.37. The van der Waals surface area contributed by atoms with Crippen LogP contribution in [0, 0.1) is 12.1 Å². The average molecular weight is 722 g/mol. The third-order valence-corrected chi connectivity index (χ3v) is 7.65. The van der Waals surface area contributed by atoms with E-state index in [0.717, 1.165) is 65.9 Å². The van der Waals surface area contributed by atoms with Crippen LogP contribution in [0.5, 0.6) is 11.5 Å². The first-order valence-electron chi connectivity index (χ1n) is 13.2. The van der Waals surface area contributed by atoms with Gasteiger partial charge < -0.3 is 13.5 Å². The summed E-state index contributed by atoms with van der Waals surface area (Å²) in [5.41, 5.74) is 5.81. The molecule has 0 atom stereocenters. The Morgan fingerprint density at radius 3 is 2.14 bits per heavy atom. The van der Waals surface area contributed by atoms with Crippen LogP contribution in [0.3, 0.4) is 0 Å². The van der Waals surface area contributed by atoms with Crippen molar-refractivity contribution in [2.24, 2.45) is 0 Å². The molecule has 0 aliphatic rings. The second kappa shape index (κ2) is 9.47. The zero-order chi connectivity index (χ0) is 26.9. The van der Waals surface area contributed by atoms with Crippen LogP contribution in [0.15, 0.2) is 110 Å². The van der Waals surface area contributed by atoms with Crippen LogP contribution in [-0.4, -0.2) is 28.7 Å². The van der Waals surface area contributed by atoms with E-state index in [4.69, 9.17) is 9.72 Å². The molecule has 4 aromatic carbocycles. The first-order valence-corrected chi connectivity index (χ1v) is 13.2. The summed E-state index contributed by atoms with van der Waals surface area (Å²) in [4.78, 5) is 18.0. The first-order chi connectivity index (χ1) is 20.3. The number of imidazole rings is 2. The molecule has 0 saturated carbocycles. The number of rotatable bonds is 3. The van der Waals surface area contributed by atoms with E-state index in [0.29, 0.717) is 11.5 Å². The predicted molar refractivity (Wildman–Crippen MR) is 159 cm³/mol. The smallest absolute Gasteiger partial charge is 0.497 e. The number of hydrogen-bond acceptors (Lipinski definition) is 5. The maximum absolute atomic E-state index is 6.37. The summed E-state index contributed by atoms with van der Waals surface area (Å²) in [6, 6.07) is 31.8. The Kier molecular flexibility index (Phi) is 5.56. The number of pyridine rings is 2. The Balaban J connectivity index is 0.00000267. The number of aromatic nitrogens is 6. The van der Waals surface area contributed by atoms with Crippen LogP contribution in [0.1, 0.15) is 0 Å². The van der Waals surface area contributed by atoms with Gasteiger partial charge in [0.25, 0.3) is 0 Å². The molecule has 0 N–H and O–H groups in total. The third-order valence-electron chi connectivity index (χ3n) is 7.65. The predicted octanol–water partition coefficient (Wildman–Crippen LogP) is 7.44. The maximum Gasteiger partial charge on any atom is 2.00 e. The largest absolute Gasteiger partial charge is 2.00 e. The number of fused-ring (bicyclic) bond motifs is 12. The second-order valence-corrected chi connectivity index (χ2v) is 9.89. The number of ether oxygens (including phenoxy) is 1. The van der Waals surface area contributed by atoms with Crippen LogP contribution >= 0.6 is 0 Å². The van der Waals surface area contributed by atoms with E-state index >= 15 is 0 Å². The van der Waals surface area contributed by atoms with Crippen molar-refractivity contribution in [1.29, 1.82) is 0 Å². The van der Waals surface area contributed by atoms with Crippen molar-refractivity contribution in [1.82, 2.24) is 28.7 Å². The Hall–Kier alpha value is -5.13. The molecule has 0 unspecified atom stereocenters. The van der Waals surface area contributed by atoms with Crippen molar-refractivity contribution in [2.45, 2.75) is 0 Å². The van der Waals surface area contributed by atoms with Gasteiger partial charge in [-0.2, -0.15) is 0 Å². The molecular formula is C34H18N6OPt. The second-order valence-electron chi connectivity index (χ2n) is 9.89. The average Bonchev–Trinajstić information content (AvgIpc) is 3.73. The van der Waals surface area contributed by atoms with Gasteiger partial charge in [-0.05, 0) is 22.6 Å². The first kappa shape index (κ1) is 24.6. The van der Waals surface area contributed by atoms with Gasteiger partial charge >= 0.3 is 21.1 Å². The van der Waals surface area contributed by atoms with Gasteiger partial charge in [0.1, 0.15) is 12.0 Å². The molecule has 200 valence electrons. The van der Waals surface area contributed by atoms with Gasteiger partial charge in [0, 0.05) is 53.4 Å².